The molecule has 0 fully saturated rings. The number of rotatable bonds is 6. The monoisotopic (exact) mass is 353 g/mol. The van der Waals surface area contributed by atoms with Crippen LogP contribution in [0.1, 0.15) is 10.4 Å². The molecule has 0 aliphatic rings. The Labute approximate surface area is 150 Å². The van der Waals surface area contributed by atoms with Crippen LogP contribution in [0.15, 0.2) is 58.8 Å². The highest BCUT2D eigenvalue weighted by Crippen LogP contribution is 2.40. The second-order valence-electron chi connectivity index (χ2n) is 5.57. The summed E-state index contributed by atoms with van der Waals surface area (Å²) in [5.41, 5.74) is 1.39. The van der Waals surface area contributed by atoms with Crippen molar-refractivity contribution in [3.05, 3.63) is 54.1 Å². The van der Waals surface area contributed by atoms with Gasteiger partial charge in [-0.15, -0.1) is 10.2 Å². The molecule has 1 aromatic heterocycles. The van der Waals surface area contributed by atoms with Crippen molar-refractivity contribution in [2.75, 3.05) is 20.8 Å². The van der Waals surface area contributed by atoms with Gasteiger partial charge in [-0.25, -0.2) is 0 Å². The third-order valence-corrected chi connectivity index (χ3v) is 4.00. The Hall–Kier alpha value is -3.19. The average Bonchev–Trinajstić information content (AvgIpc) is 2.95. The van der Waals surface area contributed by atoms with Crippen molar-refractivity contribution in [3.8, 4) is 11.6 Å². The molecule has 1 amide bonds. The largest absolute Gasteiger partial charge is 0.497 e. The van der Waals surface area contributed by atoms with Crippen molar-refractivity contribution in [3.63, 3.8) is 0 Å². The van der Waals surface area contributed by atoms with Crippen LogP contribution in [0.5, 0.6) is 11.6 Å². The van der Waals surface area contributed by atoms with E-state index in [0.717, 1.165) is 5.52 Å². The Balaban J connectivity index is 2.03. The van der Waals surface area contributed by atoms with Crippen molar-refractivity contribution in [2.24, 2.45) is 10.2 Å². The van der Waals surface area contributed by atoms with E-state index in [1.54, 1.807) is 61.3 Å². The number of hydrogen-bond donors (Lipinski definition) is 1. The third-order valence-electron chi connectivity index (χ3n) is 4.00. The van der Waals surface area contributed by atoms with Gasteiger partial charge in [0.25, 0.3) is 5.91 Å². The number of azo groups is 1. The molecule has 0 saturated carbocycles. The zero-order valence-corrected chi connectivity index (χ0v) is 14.5. The molecule has 0 radical (unpaired) electrons. The molecule has 26 heavy (non-hydrogen) atoms. The molecule has 7 heteroatoms. The number of methoxy groups -OCH3 is 2. The molecule has 0 saturated heterocycles. The summed E-state index contributed by atoms with van der Waals surface area (Å²) >= 11 is 0. The minimum absolute atomic E-state index is 0.0742. The molecule has 7 nitrogen and oxygen atoms in total. The molecule has 0 aliphatic carbocycles. The van der Waals surface area contributed by atoms with Gasteiger partial charge >= 0.3 is 0 Å². The summed E-state index contributed by atoms with van der Waals surface area (Å²) in [7, 11) is 3.16. The van der Waals surface area contributed by atoms with Crippen molar-refractivity contribution >= 4 is 22.5 Å². The van der Waals surface area contributed by atoms with E-state index < -0.39 is 5.91 Å². The molecular formula is C19H19N3O4. The van der Waals surface area contributed by atoms with Gasteiger partial charge in [0.05, 0.1) is 19.2 Å². The molecule has 134 valence electrons. The molecular weight excluding hydrogens is 334 g/mol. The van der Waals surface area contributed by atoms with Crippen LogP contribution in [-0.4, -0.2) is 36.4 Å². The summed E-state index contributed by atoms with van der Waals surface area (Å²) in [4.78, 5) is 12.2. The fourth-order valence-electron chi connectivity index (χ4n) is 2.67. The summed E-state index contributed by atoms with van der Waals surface area (Å²) in [6.45, 7) is 0.836. The van der Waals surface area contributed by atoms with Crippen LogP contribution in [0.25, 0.3) is 10.9 Å². The van der Waals surface area contributed by atoms with E-state index in [9.17, 15) is 9.90 Å². The molecule has 3 aromatic rings. The van der Waals surface area contributed by atoms with Crippen molar-refractivity contribution in [1.82, 2.24) is 4.57 Å². The average molecular weight is 353 g/mol. The summed E-state index contributed by atoms with van der Waals surface area (Å²) in [6.07, 6.45) is 0. The Morgan fingerprint density at radius 1 is 1.15 bits per heavy atom. The van der Waals surface area contributed by atoms with E-state index in [1.807, 2.05) is 6.07 Å². The second kappa shape index (κ2) is 7.79. The number of benzene rings is 2. The molecule has 1 N–H and O–H groups in total. The molecule has 0 aliphatic heterocycles. The first-order valence-electron chi connectivity index (χ1n) is 8.05. The molecule has 0 bridgehead atoms. The van der Waals surface area contributed by atoms with E-state index in [-0.39, 0.29) is 11.6 Å². The molecule has 2 aromatic carbocycles. The second-order valence-corrected chi connectivity index (χ2v) is 5.57. The van der Waals surface area contributed by atoms with Crippen LogP contribution in [0.3, 0.4) is 0 Å². The number of carbonyl (C=O) groups is 1. The van der Waals surface area contributed by atoms with Crippen LogP contribution in [0.4, 0.5) is 5.69 Å². The fourth-order valence-corrected chi connectivity index (χ4v) is 2.67. The number of ether oxygens (including phenoxy) is 2. The minimum atomic E-state index is -0.476. The minimum Gasteiger partial charge on any atom is -0.497 e. The first kappa shape index (κ1) is 17.6. The van der Waals surface area contributed by atoms with E-state index >= 15 is 0 Å². The topological polar surface area (TPSA) is 85.4 Å². The van der Waals surface area contributed by atoms with Crippen molar-refractivity contribution in [1.29, 1.82) is 0 Å². The number of aromatic nitrogens is 1. The van der Waals surface area contributed by atoms with Crippen LogP contribution >= 0.6 is 0 Å². The van der Waals surface area contributed by atoms with Gasteiger partial charge in [0.1, 0.15) is 5.75 Å². The van der Waals surface area contributed by atoms with E-state index in [1.165, 1.54) is 0 Å². The maximum atomic E-state index is 12.2. The molecule has 0 atom stereocenters. The maximum Gasteiger partial charge on any atom is 0.295 e. The van der Waals surface area contributed by atoms with Crippen LogP contribution in [-0.2, 0) is 11.3 Å². The highest BCUT2D eigenvalue weighted by atomic mass is 16.5. The standard InChI is InChI=1S/C19H19N3O4/c1-25-11-10-22-16-12-14(26-2)8-9-15(16)17(19(22)24)20-21-18(23)13-6-4-3-5-7-13/h3-9,12,24H,10-11H2,1-2H3. The number of carbonyl (C=O) groups excluding carboxylic acids is 1. The summed E-state index contributed by atoms with van der Waals surface area (Å²) < 4.78 is 12.0. The van der Waals surface area contributed by atoms with Crippen LogP contribution in [0, 0.1) is 0 Å². The highest BCUT2D eigenvalue weighted by Gasteiger charge is 2.18. The Bertz CT molecular complexity index is 948. The summed E-state index contributed by atoms with van der Waals surface area (Å²) in [5, 5.41) is 19.0. The zero-order valence-electron chi connectivity index (χ0n) is 14.5. The molecule has 0 unspecified atom stereocenters. The van der Waals surface area contributed by atoms with Gasteiger partial charge in [-0.3, -0.25) is 4.79 Å². The number of amides is 1. The lowest BCUT2D eigenvalue weighted by Gasteiger charge is -2.06. The quantitative estimate of drug-likeness (QED) is 0.681. The van der Waals surface area contributed by atoms with Gasteiger partial charge in [0.15, 0.2) is 5.69 Å². The summed E-state index contributed by atoms with van der Waals surface area (Å²) in [6, 6.07) is 14.0. The lowest BCUT2D eigenvalue weighted by molar-refractivity contribution is 0.0995. The first-order valence-corrected chi connectivity index (χ1v) is 8.05. The lowest BCUT2D eigenvalue weighted by atomic mass is 10.2. The lowest BCUT2D eigenvalue weighted by Crippen LogP contribution is -2.03. The van der Waals surface area contributed by atoms with Crippen LogP contribution in [0.2, 0.25) is 0 Å². The van der Waals surface area contributed by atoms with Gasteiger partial charge < -0.3 is 19.1 Å². The predicted octanol–water partition coefficient (Wildman–Crippen LogP) is 3.93. The van der Waals surface area contributed by atoms with Gasteiger partial charge in [-0.1, -0.05) is 18.2 Å². The van der Waals surface area contributed by atoms with Crippen LogP contribution < -0.4 is 4.74 Å². The van der Waals surface area contributed by atoms with Crippen molar-refractivity contribution < 1.29 is 19.4 Å². The third kappa shape index (κ3) is 3.43. The maximum absolute atomic E-state index is 12.2. The number of nitrogens with zero attached hydrogens (tertiary/aromatic N) is 3. The van der Waals surface area contributed by atoms with Gasteiger partial charge in [0, 0.05) is 30.7 Å². The predicted molar refractivity (Wildman–Crippen MR) is 97.3 cm³/mol. The van der Waals surface area contributed by atoms with Gasteiger partial charge in [0.2, 0.25) is 5.88 Å². The fraction of sp³-hybridized carbons (Fsp3) is 0.211. The highest BCUT2D eigenvalue weighted by molar-refractivity contribution is 5.97. The molecule has 0 spiro atoms. The first-order chi connectivity index (χ1) is 12.7. The normalized spacial score (nSPS) is 11.3. The van der Waals surface area contributed by atoms with Crippen molar-refractivity contribution in [2.45, 2.75) is 6.54 Å². The van der Waals surface area contributed by atoms with Gasteiger partial charge in [-0.05, 0) is 24.3 Å². The Kier molecular flexibility index (Phi) is 5.28. The zero-order chi connectivity index (χ0) is 18.5. The SMILES string of the molecule is COCCn1c(O)c(N=NC(=O)c2ccccc2)c2ccc(OC)cc21. The molecule has 1 heterocycles. The Morgan fingerprint density at radius 2 is 1.92 bits per heavy atom. The van der Waals surface area contributed by atoms with E-state index in [2.05, 4.69) is 10.2 Å². The smallest absolute Gasteiger partial charge is 0.295 e. The number of hydrogen-bond acceptors (Lipinski definition) is 5. The number of fused-ring (bicyclic) bond motifs is 1. The van der Waals surface area contributed by atoms with E-state index in [4.69, 9.17) is 9.47 Å². The summed E-state index contributed by atoms with van der Waals surface area (Å²) in [5.74, 6) is 0.101. The Morgan fingerprint density at radius 3 is 2.62 bits per heavy atom. The van der Waals surface area contributed by atoms with Gasteiger partial charge in [-0.2, -0.15) is 0 Å². The van der Waals surface area contributed by atoms with E-state index in [0.29, 0.717) is 29.9 Å². The number of aromatic hydroxyl groups is 1. The molecule has 3 rings (SSSR count).